The molecule has 288 valence electrons. The molecular weight excluding hydrogens is 739 g/mol. The third-order valence-electron chi connectivity index (χ3n) is 11.5. The molecule has 1 saturated carbocycles. The van der Waals surface area contributed by atoms with Crippen molar-refractivity contribution in [3.63, 3.8) is 0 Å². The fourth-order valence-corrected chi connectivity index (χ4v) is 10.4. The maximum Gasteiger partial charge on any atom is 0.416 e. The molecule has 2 heterocycles. The Labute approximate surface area is 319 Å². The SMILES string of the molecule is CO[C@H]1/C=C/CCCS(=O)(NC(=O)CCc2ccccc2C(F)(F)F)=NC(=O)c2ccc3c(c2)N(C[C@@H]2CC[C@H]21)C[C@@]1(CCCc2cc(Cl)ccc21)CO3. The summed E-state index contributed by atoms with van der Waals surface area (Å²) in [7, 11) is -1.94. The van der Waals surface area contributed by atoms with Crippen molar-refractivity contribution in [2.45, 2.75) is 75.5 Å². The van der Waals surface area contributed by atoms with Crippen LogP contribution >= 0.6 is 11.6 Å². The fourth-order valence-electron chi connectivity index (χ4n) is 8.61. The number of carbonyl (C=O) groups is 2. The molecule has 2 amide bonds. The summed E-state index contributed by atoms with van der Waals surface area (Å²) in [5.41, 5.74) is 2.20. The number of hydrogen-bond acceptors (Lipinski definition) is 6. The highest BCUT2D eigenvalue weighted by atomic mass is 35.5. The smallest absolute Gasteiger partial charge is 0.416 e. The van der Waals surface area contributed by atoms with Gasteiger partial charge in [-0.1, -0.05) is 48.0 Å². The predicted molar refractivity (Wildman–Crippen MR) is 203 cm³/mol. The number of methoxy groups -OCH3 is 1. The van der Waals surface area contributed by atoms with E-state index in [4.69, 9.17) is 21.1 Å². The number of benzene rings is 3. The summed E-state index contributed by atoms with van der Waals surface area (Å²) in [5.74, 6) is -0.377. The second kappa shape index (κ2) is 15.7. The molecule has 3 aromatic rings. The van der Waals surface area contributed by atoms with E-state index in [1.807, 2.05) is 18.2 Å². The van der Waals surface area contributed by atoms with Crippen molar-refractivity contribution in [2.24, 2.45) is 16.2 Å². The molecule has 1 N–H and O–H groups in total. The zero-order chi connectivity index (χ0) is 38.1. The van der Waals surface area contributed by atoms with Gasteiger partial charge in [-0.05, 0) is 116 Å². The molecule has 1 unspecified atom stereocenters. The van der Waals surface area contributed by atoms with Crippen molar-refractivity contribution in [3.8, 4) is 5.75 Å². The number of ether oxygens (including phenoxy) is 2. The third-order valence-corrected chi connectivity index (χ3v) is 13.6. The number of amides is 2. The van der Waals surface area contributed by atoms with Crippen LogP contribution in [0.4, 0.5) is 18.9 Å². The number of nitrogens with one attached hydrogen (secondary N) is 1. The zero-order valence-electron chi connectivity index (χ0n) is 30.2. The van der Waals surface area contributed by atoms with Gasteiger partial charge >= 0.3 is 6.18 Å². The molecule has 7 rings (SSSR count). The number of aryl methyl sites for hydroxylation is 2. The van der Waals surface area contributed by atoms with E-state index in [1.54, 1.807) is 25.3 Å². The van der Waals surface area contributed by atoms with Gasteiger partial charge in [0.1, 0.15) is 15.7 Å². The van der Waals surface area contributed by atoms with Crippen LogP contribution in [-0.2, 0) is 43.9 Å². The monoisotopic (exact) mass is 783 g/mol. The quantitative estimate of drug-likeness (QED) is 0.261. The molecule has 5 atom stereocenters. The average Bonchev–Trinajstić information content (AvgIpc) is 3.27. The van der Waals surface area contributed by atoms with Crippen molar-refractivity contribution in [1.29, 1.82) is 0 Å². The fraction of sp³-hybridized carbons (Fsp3) is 0.463. The normalized spacial score (nSPS) is 27.7. The molecule has 1 fully saturated rings. The number of allylic oxidation sites excluding steroid dienone is 1. The lowest BCUT2D eigenvalue weighted by Crippen LogP contribution is -2.49. The van der Waals surface area contributed by atoms with Gasteiger partial charge in [0.05, 0.1) is 29.7 Å². The Morgan fingerprint density at radius 3 is 2.74 bits per heavy atom. The number of hydrogen-bond donors (Lipinski definition) is 1. The number of carbonyl (C=O) groups excluding carboxylic acids is 2. The summed E-state index contributed by atoms with van der Waals surface area (Å²) >= 11 is 6.43. The minimum absolute atomic E-state index is 0.0494. The first kappa shape index (κ1) is 38.4. The second-order valence-corrected chi connectivity index (χ2v) is 17.5. The van der Waals surface area contributed by atoms with E-state index < -0.39 is 33.5 Å². The van der Waals surface area contributed by atoms with Crippen LogP contribution in [-0.4, -0.2) is 54.7 Å². The van der Waals surface area contributed by atoms with Crippen LogP contribution in [0.5, 0.6) is 5.75 Å². The number of fused-ring (bicyclic) bond motifs is 4. The van der Waals surface area contributed by atoms with E-state index in [9.17, 15) is 27.0 Å². The summed E-state index contributed by atoms with van der Waals surface area (Å²) in [6, 6.07) is 16.3. The second-order valence-electron chi connectivity index (χ2n) is 15.0. The van der Waals surface area contributed by atoms with Gasteiger partial charge in [0.15, 0.2) is 0 Å². The van der Waals surface area contributed by atoms with Gasteiger partial charge < -0.3 is 14.4 Å². The summed E-state index contributed by atoms with van der Waals surface area (Å²) in [6.07, 6.45) is 4.48. The molecule has 13 heteroatoms. The lowest BCUT2D eigenvalue weighted by Gasteiger charge is -2.46. The molecule has 8 nitrogen and oxygen atoms in total. The van der Waals surface area contributed by atoms with Crippen LogP contribution in [0.1, 0.15) is 77.6 Å². The molecule has 3 aromatic carbocycles. The molecule has 1 spiro atoms. The number of nitrogens with zero attached hydrogens (tertiary/aromatic N) is 2. The molecule has 0 aromatic heterocycles. The Morgan fingerprint density at radius 2 is 1.96 bits per heavy atom. The van der Waals surface area contributed by atoms with Gasteiger partial charge in [0, 0.05) is 42.6 Å². The summed E-state index contributed by atoms with van der Waals surface area (Å²) in [6.45, 7) is 1.83. The Morgan fingerprint density at radius 1 is 1.13 bits per heavy atom. The number of halogens is 4. The van der Waals surface area contributed by atoms with Gasteiger partial charge in [-0.2, -0.15) is 13.2 Å². The first-order valence-electron chi connectivity index (χ1n) is 18.6. The summed E-state index contributed by atoms with van der Waals surface area (Å²) in [5, 5.41) is 0.705. The Kier molecular flexibility index (Phi) is 11.2. The van der Waals surface area contributed by atoms with Gasteiger partial charge in [0.2, 0.25) is 5.91 Å². The van der Waals surface area contributed by atoms with Crippen LogP contribution in [0.15, 0.2) is 77.2 Å². The molecule has 2 bridgehead atoms. The minimum atomic E-state index is -4.58. The summed E-state index contributed by atoms with van der Waals surface area (Å²) in [4.78, 5) is 29.4. The number of anilines is 1. The lowest BCUT2D eigenvalue weighted by atomic mass is 9.68. The average molecular weight is 784 g/mol. The van der Waals surface area contributed by atoms with Gasteiger partial charge in [-0.15, -0.1) is 4.36 Å². The zero-order valence-corrected chi connectivity index (χ0v) is 31.8. The maximum atomic E-state index is 14.3. The lowest BCUT2D eigenvalue weighted by molar-refractivity contribution is -0.138. The predicted octanol–water partition coefficient (Wildman–Crippen LogP) is 8.50. The first-order valence-corrected chi connectivity index (χ1v) is 20.7. The van der Waals surface area contributed by atoms with Crippen molar-refractivity contribution in [2.75, 3.05) is 37.5 Å². The van der Waals surface area contributed by atoms with E-state index >= 15 is 0 Å². The maximum absolute atomic E-state index is 14.3. The van der Waals surface area contributed by atoms with Crippen LogP contribution < -0.4 is 14.4 Å². The largest absolute Gasteiger partial charge is 0.490 e. The minimum Gasteiger partial charge on any atom is -0.490 e. The van der Waals surface area contributed by atoms with E-state index in [0.717, 1.165) is 50.4 Å². The Hall–Kier alpha value is -3.87. The number of rotatable bonds is 5. The standard InChI is InChI=1S/C41H45ClF3N3O5S/c1-52-36-11-3-2-6-21-54(51,46-38(49)19-14-27-8-4-5-10-34(27)41(43,44)45)47-39(50)29-13-18-37-35(23-29)48(24-30-12-16-32(30)36)25-40(26-53-37)20-7-9-28-22-31(42)15-17-33(28)40/h3-5,8,10-11,13,15,17-18,22-23,30,32,36H,2,6-7,9,12,14,16,19-21,24-26H2,1H3,(H,46,47,49,50,51)/b11-3+/t30-,32+,36-,40-,54?/m0/s1. The van der Waals surface area contributed by atoms with Crippen molar-refractivity contribution < 1.29 is 36.4 Å². The molecule has 2 aliphatic carbocycles. The van der Waals surface area contributed by atoms with Crippen molar-refractivity contribution in [3.05, 3.63) is 106 Å². The van der Waals surface area contributed by atoms with E-state index in [0.29, 0.717) is 42.7 Å². The molecule has 2 aliphatic heterocycles. The van der Waals surface area contributed by atoms with Gasteiger partial charge in [-0.25, -0.2) is 4.21 Å². The Bertz CT molecular complexity index is 2070. The van der Waals surface area contributed by atoms with Gasteiger partial charge in [-0.3, -0.25) is 14.3 Å². The molecular formula is C41H45ClF3N3O5S. The third kappa shape index (κ3) is 8.21. The van der Waals surface area contributed by atoms with E-state index in [1.165, 1.54) is 29.3 Å². The van der Waals surface area contributed by atoms with Crippen molar-refractivity contribution >= 4 is 39.0 Å². The Balaban J connectivity index is 1.22. The molecule has 54 heavy (non-hydrogen) atoms. The van der Waals surface area contributed by atoms with E-state index in [-0.39, 0.29) is 47.2 Å². The summed E-state index contributed by atoms with van der Waals surface area (Å²) < 4.78 is 74.2. The number of alkyl halides is 3. The van der Waals surface area contributed by atoms with Crippen LogP contribution in [0.25, 0.3) is 0 Å². The highest BCUT2D eigenvalue weighted by Gasteiger charge is 2.44. The highest BCUT2D eigenvalue weighted by Crippen LogP contribution is 2.47. The highest BCUT2D eigenvalue weighted by molar-refractivity contribution is 7.92. The molecule has 0 radical (unpaired) electrons. The van der Waals surface area contributed by atoms with Gasteiger partial charge in [0.25, 0.3) is 5.91 Å². The van der Waals surface area contributed by atoms with Crippen LogP contribution in [0.2, 0.25) is 5.02 Å². The van der Waals surface area contributed by atoms with E-state index in [2.05, 4.69) is 26.1 Å². The van der Waals surface area contributed by atoms with Crippen molar-refractivity contribution in [1.82, 2.24) is 4.72 Å². The van der Waals surface area contributed by atoms with Crippen LogP contribution in [0.3, 0.4) is 0 Å². The first-order chi connectivity index (χ1) is 25.9. The topological polar surface area (TPSA) is 97.3 Å². The molecule has 4 aliphatic rings. The molecule has 0 saturated heterocycles. The van der Waals surface area contributed by atoms with Crippen LogP contribution in [0, 0.1) is 11.8 Å².